The van der Waals surface area contributed by atoms with Crippen molar-refractivity contribution in [2.75, 3.05) is 9.80 Å². The van der Waals surface area contributed by atoms with E-state index in [0.717, 1.165) is 55.9 Å². The van der Waals surface area contributed by atoms with E-state index >= 15 is 0 Å². The Morgan fingerprint density at radius 2 is 0.468 bits per heavy atom. The lowest BCUT2D eigenvalue weighted by molar-refractivity contribution is 0.660. The van der Waals surface area contributed by atoms with Crippen LogP contribution < -0.4 is 9.80 Å². The fourth-order valence-corrected chi connectivity index (χ4v) is 20.4. The lowest BCUT2D eigenvalue weighted by Crippen LogP contribution is -2.16. The van der Waals surface area contributed by atoms with Gasteiger partial charge in [0.25, 0.3) is 0 Å². The van der Waals surface area contributed by atoms with Crippen molar-refractivity contribution in [1.82, 2.24) is 9.97 Å². The van der Waals surface area contributed by atoms with Gasteiger partial charge in [-0.05, 0) is 273 Å². The zero-order valence-corrected chi connectivity index (χ0v) is 69.4. The van der Waals surface area contributed by atoms with Crippen LogP contribution in [0.4, 0.5) is 34.1 Å². The van der Waals surface area contributed by atoms with Crippen LogP contribution in [0.3, 0.4) is 0 Å². The molecule has 21 aromatic carbocycles. The number of benzene rings is 21. The molecule has 0 N–H and O–H groups in total. The van der Waals surface area contributed by atoms with Gasteiger partial charge >= 0.3 is 0 Å². The van der Waals surface area contributed by atoms with Gasteiger partial charge in [0.15, 0.2) is 0 Å². The van der Waals surface area contributed by atoms with Crippen LogP contribution in [0.2, 0.25) is 0 Å². The molecule has 0 saturated carbocycles. The van der Waals surface area contributed by atoms with E-state index in [4.69, 9.17) is 0 Å². The van der Waals surface area contributed by atoms with Gasteiger partial charge in [-0.1, -0.05) is 355 Å². The van der Waals surface area contributed by atoms with Crippen molar-refractivity contribution in [2.24, 2.45) is 0 Å². The molecule has 2 aliphatic carbocycles. The van der Waals surface area contributed by atoms with Gasteiger partial charge in [0, 0.05) is 68.1 Å². The molecule has 0 radical (unpaired) electrons. The summed E-state index contributed by atoms with van der Waals surface area (Å²) in [6.45, 7) is 9.39. The number of para-hydroxylation sites is 2. The van der Waals surface area contributed by atoms with Crippen molar-refractivity contribution in [3.8, 4) is 77.9 Å². The third-order valence-electron chi connectivity index (χ3n) is 26.6. The molecule has 2 aromatic heterocycles. The Hall–Kier alpha value is -15.6. The summed E-state index contributed by atoms with van der Waals surface area (Å²) in [5, 5.41) is 20.7. The molecular weight excluding hydrogens is 1500 g/mol. The Morgan fingerprint density at radius 1 is 0.177 bits per heavy atom. The maximum Gasteiger partial charge on any atom is 0.0970 e. The molecule has 2 heterocycles. The fourth-order valence-electron chi connectivity index (χ4n) is 20.4. The molecule has 0 unspecified atom stereocenters. The van der Waals surface area contributed by atoms with E-state index in [9.17, 15) is 0 Å². The van der Waals surface area contributed by atoms with Crippen molar-refractivity contribution in [2.45, 2.75) is 38.5 Å². The number of anilines is 6. The highest BCUT2D eigenvalue weighted by Crippen LogP contribution is 2.54. The summed E-state index contributed by atoms with van der Waals surface area (Å²) in [5.74, 6) is 0. The Kier molecular flexibility index (Phi) is 17.6. The van der Waals surface area contributed by atoms with E-state index in [1.165, 1.54) is 176 Å². The van der Waals surface area contributed by atoms with Crippen LogP contribution >= 0.6 is 0 Å². The van der Waals surface area contributed by atoms with Gasteiger partial charge in [0.05, 0.1) is 11.0 Å². The predicted octanol–water partition coefficient (Wildman–Crippen LogP) is 33.0. The molecule has 23 aromatic rings. The molecule has 0 aliphatic heterocycles. The van der Waals surface area contributed by atoms with Crippen molar-refractivity contribution in [3.05, 3.63) is 459 Å². The quantitative estimate of drug-likeness (QED) is 0.121. The first-order chi connectivity index (χ1) is 61.0. The number of hydrogen-bond acceptors (Lipinski definition) is 4. The average Bonchev–Trinajstić information content (AvgIpc) is 0.821. The van der Waals surface area contributed by atoms with Gasteiger partial charge in [-0.3, -0.25) is 9.97 Å². The number of aromatic nitrogens is 2. The van der Waals surface area contributed by atoms with Crippen LogP contribution in [0.5, 0.6) is 0 Å². The number of hydrogen-bond donors (Lipinski definition) is 0. The van der Waals surface area contributed by atoms with E-state index < -0.39 is 0 Å². The lowest BCUT2D eigenvalue weighted by Gasteiger charge is -2.28. The Bertz CT molecular complexity index is 7570. The number of rotatable bonds is 11. The zero-order chi connectivity index (χ0) is 82.7. The molecule has 0 atom stereocenters. The summed E-state index contributed by atoms with van der Waals surface area (Å²) >= 11 is 0. The van der Waals surface area contributed by atoms with Crippen molar-refractivity contribution < 1.29 is 0 Å². The standard InChI is InChI=1S/C54H44N2.C42H24.C24H16N2/c1-53(2)49-21-13-11-19-45(49)47-33-31-43(35-51(47)53)55(39-15-7-5-8-16-39)41-27-23-37(24-28-41)38-25-29-42(30-26-38)56(40-17-9-6-10-18-40)44-32-34-48-46-20-12-14-22-50(46)54(3,4)52(48)36-44;1-3-25-7-9-29-15-19-35(37-21-17-27(5-1)39(25)41(29)37)33-13-11-32-24-34(14-12-31(32)23-33)36-20-16-30-10-8-26-4-2-6-28-18-22-38(36)42(30)40(26)28;1-3-7-17(8-4-1)19-13-15-25-23-21(19)11-12-22-20(14-16-26-24(22)23)18-9-5-2-6-10-18/h5-36H,1-4H3;1-24H;1-16H. The summed E-state index contributed by atoms with van der Waals surface area (Å²) in [6, 6.07) is 155. The van der Waals surface area contributed by atoms with Crippen molar-refractivity contribution in [3.63, 3.8) is 0 Å². The lowest BCUT2D eigenvalue weighted by atomic mass is 9.82. The van der Waals surface area contributed by atoms with E-state index in [2.05, 4.69) is 460 Å². The maximum atomic E-state index is 4.67. The highest BCUT2D eigenvalue weighted by atomic mass is 15.1. The molecule has 2 aliphatic rings. The minimum atomic E-state index is -0.0700. The minimum Gasteiger partial charge on any atom is -0.310 e. The highest BCUT2D eigenvalue weighted by Gasteiger charge is 2.38. The summed E-state index contributed by atoms with van der Waals surface area (Å²) in [6.07, 6.45) is 3.75. The summed E-state index contributed by atoms with van der Waals surface area (Å²) in [4.78, 5) is 14.1. The summed E-state index contributed by atoms with van der Waals surface area (Å²) in [5.41, 5.74) is 31.7. The molecule has 0 spiro atoms. The Labute approximate surface area is 721 Å². The van der Waals surface area contributed by atoms with Gasteiger partial charge < -0.3 is 9.80 Å². The van der Waals surface area contributed by atoms with Crippen LogP contribution in [-0.2, 0) is 10.8 Å². The molecule has 25 rings (SSSR count). The van der Waals surface area contributed by atoms with Crippen LogP contribution in [0, 0.1) is 0 Å². The fraction of sp³-hybridized carbons (Fsp3) is 0.0500. The molecule has 124 heavy (non-hydrogen) atoms. The molecular formula is C120H84N4. The SMILES string of the molecule is CC1(C)c2ccccc2-c2ccc(N(c3ccccc3)c3ccc(-c4ccc(N(c5ccccc5)c5ccc6c(c5)C(C)(C)c5ccccc5-6)cc4)cc3)cc21.c1cc2ccc3ccc(-c4ccc5cc(-c6ccc7ccc8cccc9ccc6c7c89)ccc5c4)c4ccc(c1)c2c34.c1ccc(-c2ccnc3c2ccc2c(-c4ccccc4)ccnc23)cc1. The average molecular weight is 1580 g/mol. The van der Waals surface area contributed by atoms with Crippen LogP contribution in [0.1, 0.15) is 49.9 Å². The van der Waals surface area contributed by atoms with Crippen LogP contribution in [0.15, 0.2) is 437 Å². The third-order valence-corrected chi connectivity index (χ3v) is 26.6. The third kappa shape index (κ3) is 12.3. The molecule has 0 bridgehead atoms. The van der Waals surface area contributed by atoms with Crippen molar-refractivity contribution in [1.29, 1.82) is 0 Å². The number of nitrogens with zero attached hydrogens (tertiary/aromatic N) is 4. The molecule has 0 fully saturated rings. The van der Waals surface area contributed by atoms with Crippen LogP contribution in [0.25, 0.3) is 175 Å². The van der Waals surface area contributed by atoms with E-state index in [-0.39, 0.29) is 10.8 Å². The number of pyridine rings is 2. The molecule has 584 valence electrons. The molecule has 4 heteroatoms. The molecule has 0 saturated heterocycles. The second kappa shape index (κ2) is 29.7. The van der Waals surface area contributed by atoms with E-state index in [0.29, 0.717) is 0 Å². The largest absolute Gasteiger partial charge is 0.310 e. The Balaban J connectivity index is 0.000000115. The van der Waals surface area contributed by atoms with Gasteiger partial charge in [0.2, 0.25) is 0 Å². The first-order valence-electron chi connectivity index (χ1n) is 43.1. The highest BCUT2D eigenvalue weighted by molar-refractivity contribution is 6.27. The number of fused-ring (bicyclic) bond motifs is 10. The molecule has 0 amide bonds. The summed E-state index contributed by atoms with van der Waals surface area (Å²) < 4.78 is 0. The predicted molar refractivity (Wildman–Crippen MR) is 527 cm³/mol. The van der Waals surface area contributed by atoms with Crippen LogP contribution in [-0.4, -0.2) is 9.97 Å². The van der Waals surface area contributed by atoms with Gasteiger partial charge in [-0.2, -0.15) is 0 Å². The monoisotopic (exact) mass is 1580 g/mol. The molecule has 4 nitrogen and oxygen atoms in total. The van der Waals surface area contributed by atoms with Crippen molar-refractivity contribution >= 4 is 131 Å². The smallest absolute Gasteiger partial charge is 0.0970 e. The van der Waals surface area contributed by atoms with Gasteiger partial charge in [-0.15, -0.1) is 0 Å². The van der Waals surface area contributed by atoms with Gasteiger partial charge in [-0.25, -0.2) is 0 Å². The normalized spacial score (nSPS) is 12.8. The second-order valence-corrected chi connectivity index (χ2v) is 34.3. The maximum absolute atomic E-state index is 4.67. The first-order valence-corrected chi connectivity index (χ1v) is 43.1. The Morgan fingerprint density at radius 3 is 0.871 bits per heavy atom. The second-order valence-electron chi connectivity index (χ2n) is 34.3. The zero-order valence-electron chi connectivity index (χ0n) is 69.4. The summed E-state index contributed by atoms with van der Waals surface area (Å²) in [7, 11) is 0. The van der Waals surface area contributed by atoms with E-state index in [1.54, 1.807) is 0 Å². The minimum absolute atomic E-state index is 0.0700. The van der Waals surface area contributed by atoms with E-state index in [1.807, 2.05) is 24.5 Å². The first kappa shape index (κ1) is 73.5. The topological polar surface area (TPSA) is 32.3 Å². The van der Waals surface area contributed by atoms with Gasteiger partial charge in [0.1, 0.15) is 0 Å².